The lowest BCUT2D eigenvalue weighted by Gasteiger charge is -2.35. The van der Waals surface area contributed by atoms with Gasteiger partial charge in [-0.05, 0) is 43.3 Å². The first-order valence-electron chi connectivity index (χ1n) is 12.3. The van der Waals surface area contributed by atoms with E-state index in [0.717, 1.165) is 6.08 Å². The molecule has 0 aliphatic carbocycles. The van der Waals surface area contributed by atoms with Crippen molar-refractivity contribution in [3.63, 3.8) is 0 Å². The van der Waals surface area contributed by atoms with Gasteiger partial charge in [-0.2, -0.15) is 4.98 Å². The van der Waals surface area contributed by atoms with E-state index >= 15 is 0 Å². The highest BCUT2D eigenvalue weighted by Crippen LogP contribution is 2.36. The zero-order valence-electron chi connectivity index (χ0n) is 21.9. The Kier molecular flexibility index (Phi) is 8.41. The van der Waals surface area contributed by atoms with Gasteiger partial charge in [0, 0.05) is 68.0 Å². The van der Waals surface area contributed by atoms with Crippen molar-refractivity contribution in [2.75, 3.05) is 47.0 Å². The zero-order valence-corrected chi connectivity index (χ0v) is 21.9. The van der Waals surface area contributed by atoms with Crippen molar-refractivity contribution in [2.24, 2.45) is 0 Å². The third-order valence-corrected chi connectivity index (χ3v) is 6.08. The summed E-state index contributed by atoms with van der Waals surface area (Å²) in [4.78, 5) is 35.4. The summed E-state index contributed by atoms with van der Waals surface area (Å²) in [5.41, 5.74) is 2.38. The van der Waals surface area contributed by atoms with Crippen LogP contribution in [0.2, 0.25) is 0 Å². The van der Waals surface area contributed by atoms with Gasteiger partial charge in [-0.3, -0.25) is 9.59 Å². The second-order valence-electron chi connectivity index (χ2n) is 8.97. The summed E-state index contributed by atoms with van der Waals surface area (Å²) in [6.45, 7) is 8.59. The molecule has 0 bridgehead atoms. The van der Waals surface area contributed by atoms with Crippen molar-refractivity contribution < 1.29 is 27.5 Å². The Morgan fingerprint density at radius 1 is 1.05 bits per heavy atom. The summed E-state index contributed by atoms with van der Waals surface area (Å²) >= 11 is 0. The summed E-state index contributed by atoms with van der Waals surface area (Å²) in [6, 6.07) is 11.3. The maximum atomic E-state index is 13.3. The molecule has 1 fully saturated rings. The molecule has 40 heavy (non-hydrogen) atoms. The minimum Gasteiger partial charge on any atom is -0.403 e. The zero-order chi connectivity index (χ0) is 28.9. The summed E-state index contributed by atoms with van der Waals surface area (Å²) in [7, 11) is 0. The number of nitrogens with zero attached hydrogens (tertiary/aromatic N) is 4. The van der Waals surface area contributed by atoms with Crippen LogP contribution in [0.5, 0.6) is 5.75 Å². The van der Waals surface area contributed by atoms with Gasteiger partial charge >= 0.3 is 6.36 Å². The second kappa shape index (κ2) is 11.9. The van der Waals surface area contributed by atoms with E-state index in [1.165, 1.54) is 25.3 Å². The van der Waals surface area contributed by atoms with Crippen LogP contribution < -0.4 is 25.6 Å². The van der Waals surface area contributed by atoms with Crippen LogP contribution in [-0.2, 0) is 9.59 Å². The van der Waals surface area contributed by atoms with Crippen LogP contribution in [0.15, 0.2) is 61.3 Å². The Labute approximate surface area is 228 Å². The number of aromatic nitrogens is 2. The molecule has 0 atom stereocenters. The molecule has 0 unspecified atom stereocenters. The predicted octanol–water partition coefficient (Wildman–Crippen LogP) is 4.96. The largest absolute Gasteiger partial charge is 0.573 e. The van der Waals surface area contributed by atoms with Gasteiger partial charge in [0.2, 0.25) is 17.8 Å². The fraction of sp³-hybridized carbons (Fsp3) is 0.259. The number of carbonyl (C=O) groups is 2. The maximum Gasteiger partial charge on any atom is 0.573 e. The Bertz CT molecular complexity index is 1410. The molecule has 2 heterocycles. The van der Waals surface area contributed by atoms with Gasteiger partial charge in [-0.15, -0.1) is 13.2 Å². The predicted molar refractivity (Wildman–Crippen MR) is 146 cm³/mol. The van der Waals surface area contributed by atoms with E-state index < -0.39 is 12.1 Å². The molecule has 210 valence electrons. The van der Waals surface area contributed by atoms with Gasteiger partial charge in [-0.1, -0.05) is 12.6 Å². The first-order chi connectivity index (χ1) is 19.0. The number of amides is 2. The summed E-state index contributed by atoms with van der Waals surface area (Å²) in [5, 5.41) is 8.62. The first kappa shape index (κ1) is 28.2. The quantitative estimate of drug-likeness (QED) is 0.335. The van der Waals surface area contributed by atoms with Crippen LogP contribution in [-0.4, -0.2) is 59.2 Å². The number of halogens is 3. The lowest BCUT2D eigenvalue weighted by molar-refractivity contribution is -0.274. The SMILES string of the molecule is C=CC(=O)Nc1cccc(Nc2nc(Nc3ccc(N4CCN(C(C)=O)CC4)cc3OC(F)(F)F)ncc2C)c1. The molecule has 1 aromatic heterocycles. The number of ether oxygens (including phenoxy) is 1. The van der Waals surface area contributed by atoms with E-state index in [-0.39, 0.29) is 23.5 Å². The molecule has 2 amide bonds. The molecule has 0 spiro atoms. The molecule has 10 nitrogen and oxygen atoms in total. The topological polar surface area (TPSA) is 112 Å². The minimum absolute atomic E-state index is 0.0207. The highest BCUT2D eigenvalue weighted by molar-refractivity contribution is 5.99. The van der Waals surface area contributed by atoms with Gasteiger partial charge < -0.3 is 30.5 Å². The van der Waals surface area contributed by atoms with E-state index in [1.54, 1.807) is 42.2 Å². The van der Waals surface area contributed by atoms with Gasteiger partial charge in [0.05, 0.1) is 5.69 Å². The van der Waals surface area contributed by atoms with Gasteiger partial charge in [-0.25, -0.2) is 4.98 Å². The highest BCUT2D eigenvalue weighted by atomic mass is 19.4. The van der Waals surface area contributed by atoms with E-state index in [1.807, 2.05) is 4.90 Å². The molecule has 1 aliphatic rings. The summed E-state index contributed by atoms with van der Waals surface area (Å²) in [5.74, 6) is -0.396. The number of hydrogen-bond acceptors (Lipinski definition) is 8. The fourth-order valence-corrected chi connectivity index (χ4v) is 4.05. The van der Waals surface area contributed by atoms with Crippen molar-refractivity contribution in [1.82, 2.24) is 14.9 Å². The average molecular weight is 556 g/mol. The first-order valence-corrected chi connectivity index (χ1v) is 12.3. The molecular weight excluding hydrogens is 527 g/mol. The molecule has 0 saturated carbocycles. The van der Waals surface area contributed by atoms with Crippen molar-refractivity contribution in [1.29, 1.82) is 0 Å². The lowest BCUT2D eigenvalue weighted by atomic mass is 10.2. The number of rotatable bonds is 8. The standard InChI is InChI=1S/C27H28F3N7O3/c1-4-24(39)32-19-6-5-7-20(14-19)33-25-17(2)16-31-26(35-25)34-22-9-8-21(15-23(22)40-27(28,29)30)37-12-10-36(11-13-37)18(3)38/h4-9,14-16H,1,10-13H2,2-3H3,(H,32,39)(H2,31,33,34,35). The minimum atomic E-state index is -4.92. The molecule has 1 aliphatic heterocycles. The highest BCUT2D eigenvalue weighted by Gasteiger charge is 2.33. The van der Waals surface area contributed by atoms with Gasteiger partial charge in [0.15, 0.2) is 5.75 Å². The summed E-state index contributed by atoms with van der Waals surface area (Å²) < 4.78 is 44.2. The van der Waals surface area contributed by atoms with Crippen LogP contribution in [0.1, 0.15) is 12.5 Å². The van der Waals surface area contributed by atoms with Crippen molar-refractivity contribution in [3.05, 3.63) is 66.9 Å². The average Bonchev–Trinajstić information content (AvgIpc) is 2.91. The third-order valence-electron chi connectivity index (χ3n) is 6.08. The monoisotopic (exact) mass is 555 g/mol. The molecule has 13 heteroatoms. The number of benzene rings is 2. The van der Waals surface area contributed by atoms with Crippen molar-refractivity contribution in [3.8, 4) is 5.75 Å². The van der Waals surface area contributed by atoms with E-state index in [2.05, 4.69) is 37.2 Å². The Balaban J connectivity index is 1.55. The Morgan fingerprint density at radius 2 is 1.77 bits per heavy atom. The van der Waals surface area contributed by atoms with Crippen LogP contribution in [0.4, 0.5) is 47.7 Å². The molecule has 4 rings (SSSR count). The number of alkyl halides is 3. The van der Waals surface area contributed by atoms with Crippen LogP contribution >= 0.6 is 0 Å². The van der Waals surface area contributed by atoms with E-state index in [4.69, 9.17) is 0 Å². The Hall–Kier alpha value is -4.81. The third kappa shape index (κ3) is 7.40. The fourth-order valence-electron chi connectivity index (χ4n) is 4.05. The second-order valence-corrected chi connectivity index (χ2v) is 8.97. The van der Waals surface area contributed by atoms with E-state index in [0.29, 0.717) is 54.6 Å². The number of aryl methyl sites for hydroxylation is 1. The molecule has 2 aromatic carbocycles. The van der Waals surface area contributed by atoms with Crippen LogP contribution in [0, 0.1) is 6.92 Å². The van der Waals surface area contributed by atoms with Crippen LogP contribution in [0.3, 0.4) is 0 Å². The number of piperazine rings is 1. The van der Waals surface area contributed by atoms with Crippen molar-refractivity contribution >= 4 is 46.3 Å². The number of anilines is 6. The van der Waals surface area contributed by atoms with Crippen molar-refractivity contribution in [2.45, 2.75) is 20.2 Å². The molecule has 1 saturated heterocycles. The molecule has 3 N–H and O–H groups in total. The molecule has 3 aromatic rings. The smallest absolute Gasteiger partial charge is 0.403 e. The summed E-state index contributed by atoms with van der Waals surface area (Å²) in [6.07, 6.45) is -2.24. The van der Waals surface area contributed by atoms with Gasteiger partial charge in [0.1, 0.15) is 5.82 Å². The number of carbonyl (C=O) groups excluding carboxylic acids is 2. The maximum absolute atomic E-state index is 13.3. The number of nitrogens with one attached hydrogen (secondary N) is 3. The van der Waals surface area contributed by atoms with Crippen LogP contribution in [0.25, 0.3) is 0 Å². The molecule has 0 radical (unpaired) electrons. The molecular formula is C27H28F3N7O3. The van der Waals surface area contributed by atoms with E-state index in [9.17, 15) is 22.8 Å². The van der Waals surface area contributed by atoms with Gasteiger partial charge in [0.25, 0.3) is 0 Å². The lowest BCUT2D eigenvalue weighted by Crippen LogP contribution is -2.48. The number of hydrogen-bond donors (Lipinski definition) is 3. The Morgan fingerprint density at radius 3 is 2.45 bits per heavy atom. The normalized spacial score (nSPS) is 13.4.